The predicted octanol–water partition coefficient (Wildman–Crippen LogP) is 3.64. The number of primary amides is 1. The van der Waals surface area contributed by atoms with Gasteiger partial charge in [0.1, 0.15) is 0 Å². The zero-order valence-electron chi connectivity index (χ0n) is 21.7. The lowest BCUT2D eigenvalue weighted by Crippen LogP contribution is -2.51. The van der Waals surface area contributed by atoms with Crippen LogP contribution in [0.15, 0.2) is 36.4 Å². The average molecular weight is 530 g/mol. The Morgan fingerprint density at radius 2 is 1.74 bits per heavy atom. The first-order chi connectivity index (χ1) is 18.0. The van der Waals surface area contributed by atoms with Gasteiger partial charge in [-0.15, -0.1) is 0 Å². The molecule has 2 unspecified atom stereocenters. The van der Waals surface area contributed by atoms with E-state index in [0.29, 0.717) is 30.7 Å². The molecule has 2 aromatic rings. The summed E-state index contributed by atoms with van der Waals surface area (Å²) in [5, 5.41) is 2.65. The van der Waals surface area contributed by atoms with Crippen molar-refractivity contribution in [3.8, 4) is 0 Å². The second-order valence-corrected chi connectivity index (χ2v) is 11.0. The van der Waals surface area contributed by atoms with E-state index < -0.39 is 23.6 Å². The van der Waals surface area contributed by atoms with E-state index in [9.17, 15) is 22.8 Å². The maximum atomic E-state index is 14.0. The molecule has 7 nitrogen and oxygen atoms in total. The Kier molecular flexibility index (Phi) is 7.23. The Bertz CT molecular complexity index is 1220. The molecular weight excluding hydrogens is 495 g/mol. The molecule has 2 aromatic carbocycles. The lowest BCUT2D eigenvalue weighted by molar-refractivity contribution is -0.138. The van der Waals surface area contributed by atoms with Gasteiger partial charge in [-0.05, 0) is 66.8 Å². The normalized spacial score (nSPS) is 24.3. The zero-order valence-corrected chi connectivity index (χ0v) is 21.7. The van der Waals surface area contributed by atoms with Crippen molar-refractivity contribution in [1.29, 1.82) is 0 Å². The Balaban J connectivity index is 1.32. The SMILES string of the molecule is C[C@H]1CN(CC(N)=O)Cc2cc(C(=O)Nc3ccc(CN4CC5CCC(C4)N5C)c(C(F)(F)F)c3)ccc21. The van der Waals surface area contributed by atoms with Crippen molar-refractivity contribution in [2.45, 2.75) is 57.0 Å². The molecule has 2 saturated heterocycles. The molecule has 0 aromatic heterocycles. The molecule has 10 heteroatoms. The number of piperazine rings is 1. The van der Waals surface area contributed by atoms with Gasteiger partial charge in [-0.3, -0.25) is 24.3 Å². The Morgan fingerprint density at radius 1 is 1.03 bits per heavy atom. The minimum atomic E-state index is -4.53. The summed E-state index contributed by atoms with van der Waals surface area (Å²) in [5.41, 5.74) is 7.30. The second kappa shape index (κ2) is 10.3. The van der Waals surface area contributed by atoms with Crippen LogP contribution in [0.1, 0.15) is 58.3 Å². The van der Waals surface area contributed by atoms with Crippen LogP contribution in [0.25, 0.3) is 0 Å². The molecular formula is C28H34F3N5O2. The van der Waals surface area contributed by atoms with Crippen LogP contribution in [0, 0.1) is 0 Å². The molecule has 0 saturated carbocycles. The van der Waals surface area contributed by atoms with Crippen LogP contribution in [-0.4, -0.2) is 71.8 Å². The molecule has 2 fully saturated rings. The topological polar surface area (TPSA) is 81.9 Å². The van der Waals surface area contributed by atoms with E-state index in [2.05, 4.69) is 22.2 Å². The molecule has 0 spiro atoms. The van der Waals surface area contributed by atoms with E-state index in [1.807, 2.05) is 17.9 Å². The second-order valence-electron chi connectivity index (χ2n) is 11.0. The number of likely N-dealkylation sites (tertiary alicyclic amines) is 1. The van der Waals surface area contributed by atoms with Crippen molar-refractivity contribution in [2.24, 2.45) is 5.73 Å². The summed E-state index contributed by atoms with van der Waals surface area (Å²) in [6.45, 7) is 5.08. The van der Waals surface area contributed by atoms with Gasteiger partial charge in [0.25, 0.3) is 5.91 Å². The number of anilines is 1. The quantitative estimate of drug-likeness (QED) is 0.597. The number of amides is 2. The van der Waals surface area contributed by atoms with Crippen LogP contribution in [0.4, 0.5) is 18.9 Å². The third-order valence-corrected chi connectivity index (χ3v) is 8.23. The Morgan fingerprint density at radius 3 is 2.39 bits per heavy atom. The summed E-state index contributed by atoms with van der Waals surface area (Å²) in [6, 6.07) is 10.2. The van der Waals surface area contributed by atoms with Gasteiger partial charge in [-0.1, -0.05) is 19.1 Å². The van der Waals surface area contributed by atoms with Crippen LogP contribution in [0.5, 0.6) is 0 Å². The third-order valence-electron chi connectivity index (χ3n) is 8.23. The van der Waals surface area contributed by atoms with Crippen molar-refractivity contribution >= 4 is 17.5 Å². The molecule has 2 bridgehead atoms. The first-order valence-corrected chi connectivity index (χ1v) is 13.1. The van der Waals surface area contributed by atoms with Gasteiger partial charge in [0.05, 0.1) is 12.1 Å². The maximum absolute atomic E-state index is 14.0. The molecule has 0 radical (unpaired) electrons. The van der Waals surface area contributed by atoms with Gasteiger partial charge in [0, 0.05) is 56.1 Å². The number of hydrogen-bond donors (Lipinski definition) is 2. The van der Waals surface area contributed by atoms with Crippen LogP contribution >= 0.6 is 0 Å². The Labute approximate surface area is 220 Å². The van der Waals surface area contributed by atoms with E-state index in [4.69, 9.17) is 5.73 Å². The number of nitrogens with one attached hydrogen (secondary N) is 1. The van der Waals surface area contributed by atoms with Gasteiger partial charge >= 0.3 is 6.18 Å². The number of hydrogen-bond acceptors (Lipinski definition) is 5. The van der Waals surface area contributed by atoms with Gasteiger partial charge in [0.2, 0.25) is 5.91 Å². The summed E-state index contributed by atoms with van der Waals surface area (Å²) in [7, 11) is 2.10. The summed E-state index contributed by atoms with van der Waals surface area (Å²) >= 11 is 0. The molecule has 38 heavy (non-hydrogen) atoms. The first-order valence-electron chi connectivity index (χ1n) is 13.1. The minimum absolute atomic E-state index is 0.103. The molecule has 5 rings (SSSR count). The molecule has 3 atom stereocenters. The fraction of sp³-hybridized carbons (Fsp3) is 0.500. The fourth-order valence-corrected chi connectivity index (χ4v) is 6.33. The number of nitrogens with zero attached hydrogens (tertiary/aromatic N) is 3. The number of halogens is 3. The number of likely N-dealkylation sites (N-methyl/N-ethyl adjacent to an activating group) is 1. The van der Waals surface area contributed by atoms with E-state index >= 15 is 0 Å². The fourth-order valence-electron chi connectivity index (χ4n) is 6.33. The van der Waals surface area contributed by atoms with Crippen LogP contribution in [-0.2, 0) is 24.1 Å². The van der Waals surface area contributed by atoms with Crippen molar-refractivity contribution in [1.82, 2.24) is 14.7 Å². The number of fused-ring (bicyclic) bond motifs is 3. The zero-order chi connectivity index (χ0) is 27.2. The van der Waals surface area contributed by atoms with E-state index in [1.165, 1.54) is 6.07 Å². The first kappa shape index (κ1) is 26.6. The van der Waals surface area contributed by atoms with Gasteiger partial charge < -0.3 is 11.1 Å². The molecule has 3 heterocycles. The highest BCUT2D eigenvalue weighted by molar-refractivity contribution is 6.04. The van der Waals surface area contributed by atoms with E-state index in [0.717, 1.165) is 43.1 Å². The van der Waals surface area contributed by atoms with Crippen molar-refractivity contribution in [3.05, 3.63) is 64.2 Å². The lowest BCUT2D eigenvalue weighted by Gasteiger charge is -2.39. The van der Waals surface area contributed by atoms with E-state index in [1.54, 1.807) is 18.2 Å². The van der Waals surface area contributed by atoms with E-state index in [-0.39, 0.29) is 30.3 Å². The number of benzene rings is 2. The lowest BCUT2D eigenvalue weighted by atomic mass is 9.89. The minimum Gasteiger partial charge on any atom is -0.369 e. The highest BCUT2D eigenvalue weighted by Gasteiger charge is 2.39. The Hall–Kier alpha value is -2.95. The number of carbonyl (C=O) groups is 2. The third kappa shape index (κ3) is 5.57. The van der Waals surface area contributed by atoms with Crippen LogP contribution in [0.3, 0.4) is 0 Å². The van der Waals surface area contributed by atoms with Crippen LogP contribution in [0.2, 0.25) is 0 Å². The van der Waals surface area contributed by atoms with Crippen molar-refractivity contribution in [2.75, 3.05) is 38.5 Å². The smallest absolute Gasteiger partial charge is 0.369 e. The predicted molar refractivity (Wildman–Crippen MR) is 139 cm³/mol. The number of alkyl halides is 3. The van der Waals surface area contributed by atoms with Crippen LogP contribution < -0.4 is 11.1 Å². The summed E-state index contributed by atoms with van der Waals surface area (Å²) in [6.07, 6.45) is -2.37. The monoisotopic (exact) mass is 529 g/mol. The molecule has 3 N–H and O–H groups in total. The van der Waals surface area contributed by atoms with Gasteiger partial charge in [-0.25, -0.2) is 0 Å². The summed E-state index contributed by atoms with van der Waals surface area (Å²) in [4.78, 5) is 30.8. The van der Waals surface area contributed by atoms with Gasteiger partial charge in [0.15, 0.2) is 0 Å². The number of carbonyl (C=O) groups excluding carboxylic acids is 2. The summed E-state index contributed by atoms with van der Waals surface area (Å²) < 4.78 is 42.1. The summed E-state index contributed by atoms with van der Waals surface area (Å²) in [5.74, 6) is -0.741. The number of rotatable bonds is 6. The number of nitrogens with two attached hydrogens (primary N) is 1. The van der Waals surface area contributed by atoms with Gasteiger partial charge in [-0.2, -0.15) is 13.2 Å². The van der Waals surface area contributed by atoms with Crippen molar-refractivity contribution in [3.63, 3.8) is 0 Å². The molecule has 3 aliphatic rings. The highest BCUT2D eigenvalue weighted by atomic mass is 19.4. The molecule has 3 aliphatic heterocycles. The standard InChI is InChI=1S/C28H34F3N5O2/c1-17-11-35(16-26(32)37)13-20-9-18(4-8-24(17)20)27(38)33-21-5-3-19(25(10-21)28(29,30)31)12-36-14-22-6-7-23(15-36)34(22)2/h3-5,8-10,17,22-23H,6-7,11-16H2,1-2H3,(H2,32,37)(H,33,38)/t17-,22?,23?/m0/s1. The van der Waals surface area contributed by atoms with Crippen molar-refractivity contribution < 1.29 is 22.8 Å². The molecule has 2 amide bonds. The molecule has 204 valence electrons. The largest absolute Gasteiger partial charge is 0.416 e. The molecule has 0 aliphatic carbocycles. The average Bonchev–Trinajstić information content (AvgIpc) is 3.04. The maximum Gasteiger partial charge on any atom is 0.416 e. The highest BCUT2D eigenvalue weighted by Crippen LogP contribution is 2.36.